The number of esters is 1. The first kappa shape index (κ1) is 22.2. The molecule has 0 aromatic heterocycles. The summed E-state index contributed by atoms with van der Waals surface area (Å²) in [6.07, 6.45) is 2.14. The summed E-state index contributed by atoms with van der Waals surface area (Å²) in [6.45, 7) is 4.97. The molecule has 1 aromatic carbocycles. The molecule has 9 nitrogen and oxygen atoms in total. The Hall–Kier alpha value is -3.10. The lowest BCUT2D eigenvalue weighted by Gasteiger charge is -2.21. The molecule has 1 fully saturated rings. The van der Waals surface area contributed by atoms with Crippen molar-refractivity contribution in [2.75, 3.05) is 25.1 Å². The molecule has 2 rings (SSSR count). The van der Waals surface area contributed by atoms with Crippen molar-refractivity contribution < 1.29 is 28.7 Å². The van der Waals surface area contributed by atoms with Crippen LogP contribution in [0.2, 0.25) is 0 Å². The Morgan fingerprint density at radius 1 is 1.17 bits per heavy atom. The number of imide groups is 1. The van der Waals surface area contributed by atoms with E-state index in [9.17, 15) is 19.2 Å². The van der Waals surface area contributed by atoms with Gasteiger partial charge in [0.05, 0.1) is 6.61 Å². The lowest BCUT2D eigenvalue weighted by atomic mass is 9.95. The van der Waals surface area contributed by atoms with Gasteiger partial charge in [-0.15, -0.1) is 0 Å². The number of nitrogens with zero attached hydrogens (tertiary/aromatic N) is 1. The molecule has 0 radical (unpaired) electrons. The van der Waals surface area contributed by atoms with Crippen molar-refractivity contribution in [3.05, 3.63) is 24.3 Å². The van der Waals surface area contributed by atoms with E-state index in [1.807, 2.05) is 13.8 Å². The first-order chi connectivity index (χ1) is 13.8. The fourth-order valence-electron chi connectivity index (χ4n) is 2.91. The van der Waals surface area contributed by atoms with Crippen LogP contribution in [0.1, 0.15) is 40.0 Å². The second-order valence-electron chi connectivity index (χ2n) is 6.92. The van der Waals surface area contributed by atoms with Crippen molar-refractivity contribution >= 4 is 29.5 Å². The minimum absolute atomic E-state index is 0.466. The van der Waals surface area contributed by atoms with Crippen LogP contribution < -0.4 is 15.4 Å². The molecule has 29 heavy (non-hydrogen) atoms. The highest BCUT2D eigenvalue weighted by atomic mass is 16.5. The van der Waals surface area contributed by atoms with Crippen LogP contribution in [-0.4, -0.2) is 54.0 Å². The van der Waals surface area contributed by atoms with Crippen LogP contribution in [-0.2, 0) is 19.1 Å². The average molecular weight is 405 g/mol. The van der Waals surface area contributed by atoms with E-state index in [0.717, 1.165) is 17.7 Å². The van der Waals surface area contributed by atoms with Crippen LogP contribution in [0.25, 0.3) is 0 Å². The normalized spacial score (nSPS) is 18.4. The van der Waals surface area contributed by atoms with Gasteiger partial charge in [-0.05, 0) is 44.5 Å². The predicted octanol–water partition coefficient (Wildman–Crippen LogP) is 2.07. The fourth-order valence-corrected chi connectivity index (χ4v) is 2.91. The number of unbranched alkanes of at least 4 members (excludes halogenated alkanes) is 1. The molecule has 0 saturated carbocycles. The van der Waals surface area contributed by atoms with E-state index in [4.69, 9.17) is 9.47 Å². The molecule has 1 aliphatic rings. The molecule has 0 aliphatic carbocycles. The molecule has 4 amide bonds. The van der Waals surface area contributed by atoms with E-state index in [2.05, 4.69) is 10.6 Å². The Labute approximate surface area is 169 Å². The van der Waals surface area contributed by atoms with E-state index in [-0.39, 0.29) is 0 Å². The van der Waals surface area contributed by atoms with Crippen LogP contribution in [0, 0.1) is 0 Å². The summed E-state index contributed by atoms with van der Waals surface area (Å²) < 4.78 is 10.2. The molecule has 1 aromatic rings. The van der Waals surface area contributed by atoms with Gasteiger partial charge in [0.2, 0.25) is 0 Å². The smallest absolute Gasteiger partial charge is 0.326 e. The van der Waals surface area contributed by atoms with Crippen LogP contribution in [0.5, 0.6) is 5.75 Å². The number of anilines is 1. The summed E-state index contributed by atoms with van der Waals surface area (Å²) in [5.74, 6) is -1.16. The van der Waals surface area contributed by atoms with Crippen molar-refractivity contribution in [3.8, 4) is 5.75 Å². The number of ether oxygens (including phenoxy) is 2. The molecule has 1 aliphatic heterocycles. The van der Waals surface area contributed by atoms with E-state index >= 15 is 0 Å². The molecular weight excluding hydrogens is 378 g/mol. The molecule has 9 heteroatoms. The monoisotopic (exact) mass is 405 g/mol. The van der Waals surface area contributed by atoms with E-state index in [0.29, 0.717) is 24.5 Å². The third-order valence-corrected chi connectivity index (χ3v) is 4.48. The van der Waals surface area contributed by atoms with Gasteiger partial charge < -0.3 is 20.1 Å². The summed E-state index contributed by atoms with van der Waals surface area (Å²) in [5.41, 5.74) is -0.492. The van der Waals surface area contributed by atoms with Crippen molar-refractivity contribution in [2.24, 2.45) is 0 Å². The Kier molecular flexibility index (Phi) is 7.58. The predicted molar refractivity (Wildman–Crippen MR) is 105 cm³/mol. The molecule has 1 saturated heterocycles. The largest absolute Gasteiger partial charge is 0.494 e. The van der Waals surface area contributed by atoms with Gasteiger partial charge in [-0.25, -0.2) is 4.79 Å². The maximum absolute atomic E-state index is 12.5. The molecule has 1 heterocycles. The maximum atomic E-state index is 12.5. The Balaban J connectivity index is 1.81. The van der Waals surface area contributed by atoms with Crippen LogP contribution >= 0.6 is 0 Å². The molecule has 1 atom stereocenters. The van der Waals surface area contributed by atoms with Gasteiger partial charge in [0.25, 0.3) is 11.8 Å². The number of nitrogens with one attached hydrogen (secondary N) is 2. The average Bonchev–Trinajstić information content (AvgIpc) is 2.90. The molecule has 0 unspecified atom stereocenters. The zero-order chi connectivity index (χ0) is 21.4. The maximum Gasteiger partial charge on any atom is 0.326 e. The quantitative estimate of drug-likeness (QED) is 0.455. The number of benzene rings is 1. The fraction of sp³-hybridized carbons (Fsp3) is 0.500. The van der Waals surface area contributed by atoms with Crippen LogP contribution in [0.15, 0.2) is 24.3 Å². The third-order valence-electron chi connectivity index (χ3n) is 4.48. The third kappa shape index (κ3) is 5.94. The number of hydrogen-bond donors (Lipinski definition) is 2. The summed E-state index contributed by atoms with van der Waals surface area (Å²) in [4.78, 5) is 49.3. The first-order valence-corrected chi connectivity index (χ1v) is 9.61. The number of carbonyl (C=O) groups excluding carboxylic acids is 4. The lowest BCUT2D eigenvalue weighted by molar-refractivity contribution is -0.150. The summed E-state index contributed by atoms with van der Waals surface area (Å²) in [5, 5.41) is 5.20. The highest BCUT2D eigenvalue weighted by Gasteiger charge is 2.47. The Morgan fingerprint density at radius 3 is 2.48 bits per heavy atom. The van der Waals surface area contributed by atoms with E-state index in [1.165, 1.54) is 0 Å². The second-order valence-corrected chi connectivity index (χ2v) is 6.92. The van der Waals surface area contributed by atoms with Gasteiger partial charge in [-0.2, -0.15) is 0 Å². The molecular formula is C20H27N3O6. The van der Waals surface area contributed by atoms with Gasteiger partial charge in [0.1, 0.15) is 17.8 Å². The van der Waals surface area contributed by atoms with Crippen molar-refractivity contribution in [3.63, 3.8) is 0 Å². The second kappa shape index (κ2) is 9.90. The van der Waals surface area contributed by atoms with Gasteiger partial charge in [-0.3, -0.25) is 19.3 Å². The Morgan fingerprint density at radius 2 is 1.86 bits per heavy atom. The van der Waals surface area contributed by atoms with Gasteiger partial charge >= 0.3 is 12.0 Å². The van der Waals surface area contributed by atoms with Gasteiger partial charge in [0, 0.05) is 5.69 Å². The zero-order valence-corrected chi connectivity index (χ0v) is 16.9. The number of hydrogen-bond acceptors (Lipinski definition) is 6. The SMILES string of the molecule is CCCC[C@@]1(C)NC(=O)N(CC(=O)OCC(=O)Nc2ccc(OCC)cc2)C1=O. The van der Waals surface area contributed by atoms with Gasteiger partial charge in [-0.1, -0.05) is 19.8 Å². The zero-order valence-electron chi connectivity index (χ0n) is 16.9. The lowest BCUT2D eigenvalue weighted by Crippen LogP contribution is -2.44. The van der Waals surface area contributed by atoms with Gasteiger partial charge in [0.15, 0.2) is 6.61 Å². The number of urea groups is 1. The van der Waals surface area contributed by atoms with Crippen LogP contribution in [0.4, 0.5) is 10.5 Å². The molecule has 0 spiro atoms. The van der Waals surface area contributed by atoms with E-state index < -0.39 is 42.5 Å². The van der Waals surface area contributed by atoms with Crippen molar-refractivity contribution in [1.29, 1.82) is 0 Å². The standard InChI is InChI=1S/C20H27N3O6/c1-4-6-11-20(3)18(26)23(19(27)22-20)12-17(25)29-13-16(24)21-14-7-9-15(10-8-14)28-5-2/h7-10H,4-6,11-13H2,1-3H3,(H,21,24)(H,22,27)/t20-/m1/s1. The number of rotatable bonds is 10. The summed E-state index contributed by atoms with van der Waals surface area (Å²) in [7, 11) is 0. The van der Waals surface area contributed by atoms with Crippen molar-refractivity contribution in [2.45, 2.75) is 45.6 Å². The Bertz CT molecular complexity index is 764. The summed E-state index contributed by atoms with van der Waals surface area (Å²) >= 11 is 0. The molecule has 158 valence electrons. The minimum atomic E-state index is -1.02. The number of carbonyl (C=O) groups is 4. The topological polar surface area (TPSA) is 114 Å². The summed E-state index contributed by atoms with van der Waals surface area (Å²) in [6, 6.07) is 6.10. The molecule has 0 bridgehead atoms. The number of amides is 4. The first-order valence-electron chi connectivity index (χ1n) is 9.61. The minimum Gasteiger partial charge on any atom is -0.494 e. The highest BCUT2D eigenvalue weighted by molar-refractivity contribution is 6.08. The van der Waals surface area contributed by atoms with E-state index in [1.54, 1.807) is 31.2 Å². The molecule has 2 N–H and O–H groups in total. The highest BCUT2D eigenvalue weighted by Crippen LogP contribution is 2.23. The van der Waals surface area contributed by atoms with Crippen LogP contribution in [0.3, 0.4) is 0 Å². The van der Waals surface area contributed by atoms with Crippen molar-refractivity contribution in [1.82, 2.24) is 10.2 Å².